The highest BCUT2D eigenvalue weighted by Gasteiger charge is 2.14. The number of nitrogens with two attached hydrogens (primary N) is 1. The summed E-state index contributed by atoms with van der Waals surface area (Å²) >= 11 is 0. The lowest BCUT2D eigenvalue weighted by molar-refractivity contribution is -0.146. The van der Waals surface area contributed by atoms with Gasteiger partial charge in [0, 0.05) is 24.2 Å². The van der Waals surface area contributed by atoms with Gasteiger partial charge in [0.05, 0.1) is 0 Å². The number of rotatable bonds is 4. The minimum atomic E-state index is -0.689. The van der Waals surface area contributed by atoms with Crippen LogP contribution in [-0.4, -0.2) is 12.0 Å². The molecule has 104 valence electrons. The van der Waals surface area contributed by atoms with Crippen molar-refractivity contribution in [1.82, 2.24) is 0 Å². The zero-order chi connectivity index (χ0) is 13.7. The Morgan fingerprint density at radius 1 is 1.37 bits per heavy atom. The fourth-order valence-electron chi connectivity index (χ4n) is 2.53. The molecule has 0 bridgehead atoms. The van der Waals surface area contributed by atoms with Crippen molar-refractivity contribution in [2.45, 2.75) is 51.3 Å². The predicted molar refractivity (Wildman–Crippen MR) is 75.6 cm³/mol. The zero-order valence-corrected chi connectivity index (χ0v) is 11.4. The average molecular weight is 262 g/mol. The monoisotopic (exact) mass is 262 g/mol. The van der Waals surface area contributed by atoms with Crippen LogP contribution in [0.3, 0.4) is 0 Å². The van der Waals surface area contributed by atoms with Crippen molar-refractivity contribution in [3.63, 3.8) is 0 Å². The summed E-state index contributed by atoms with van der Waals surface area (Å²) in [6.07, 6.45) is 5.69. The van der Waals surface area contributed by atoms with E-state index in [4.69, 9.17) is 10.5 Å². The highest BCUT2D eigenvalue weighted by atomic mass is 16.5. The Morgan fingerprint density at radius 2 is 2.11 bits per heavy atom. The lowest BCUT2D eigenvalue weighted by Gasteiger charge is -2.24. The van der Waals surface area contributed by atoms with Crippen LogP contribution in [0.5, 0.6) is 0 Å². The van der Waals surface area contributed by atoms with Gasteiger partial charge in [-0.15, -0.1) is 0 Å². The third-order valence-corrected chi connectivity index (χ3v) is 3.48. The molecule has 4 heteroatoms. The van der Waals surface area contributed by atoms with E-state index in [1.165, 1.54) is 39.0 Å². The summed E-state index contributed by atoms with van der Waals surface area (Å²) in [5.41, 5.74) is 7.69. The summed E-state index contributed by atoms with van der Waals surface area (Å²) in [5, 5.41) is 3.53. The van der Waals surface area contributed by atoms with Crippen molar-refractivity contribution in [2.24, 2.45) is 5.73 Å². The fourth-order valence-corrected chi connectivity index (χ4v) is 2.53. The summed E-state index contributed by atoms with van der Waals surface area (Å²) in [6, 6.07) is 8.35. The second kappa shape index (κ2) is 6.57. The van der Waals surface area contributed by atoms with Crippen molar-refractivity contribution >= 4 is 11.7 Å². The highest BCUT2D eigenvalue weighted by Crippen LogP contribution is 2.23. The lowest BCUT2D eigenvalue weighted by atomic mass is 9.95. The predicted octanol–water partition coefficient (Wildman–Crippen LogP) is 2.95. The molecule has 1 aromatic rings. The van der Waals surface area contributed by atoms with Gasteiger partial charge in [-0.3, -0.25) is 10.5 Å². The van der Waals surface area contributed by atoms with E-state index in [1.54, 1.807) is 0 Å². The molecule has 1 saturated carbocycles. The van der Waals surface area contributed by atoms with E-state index in [0.29, 0.717) is 6.04 Å². The maximum Gasteiger partial charge on any atom is 0.304 e. The molecule has 1 unspecified atom stereocenters. The first kappa shape index (κ1) is 13.9. The van der Waals surface area contributed by atoms with Gasteiger partial charge in [-0.2, -0.15) is 0 Å². The van der Waals surface area contributed by atoms with Crippen molar-refractivity contribution < 1.29 is 9.53 Å². The van der Waals surface area contributed by atoms with Crippen LogP contribution >= 0.6 is 0 Å². The second-order valence-electron chi connectivity index (χ2n) is 5.13. The number of esters is 1. The Hall–Kier alpha value is -1.55. The Balaban J connectivity index is 1.99. The summed E-state index contributed by atoms with van der Waals surface area (Å²) in [7, 11) is 0. The third kappa shape index (κ3) is 4.24. The molecule has 2 rings (SSSR count). The molecule has 1 fully saturated rings. The van der Waals surface area contributed by atoms with Crippen molar-refractivity contribution in [1.29, 1.82) is 0 Å². The van der Waals surface area contributed by atoms with Gasteiger partial charge in [0.2, 0.25) is 0 Å². The molecule has 1 aliphatic rings. The Kier molecular flexibility index (Phi) is 4.80. The summed E-state index contributed by atoms with van der Waals surface area (Å²) in [6.45, 7) is 1.37. The molecule has 0 amide bonds. The fraction of sp³-hybridized carbons (Fsp3) is 0.533. The molecule has 0 spiro atoms. The number of anilines is 1. The molecule has 0 saturated heterocycles. The number of nitrogens with one attached hydrogen (secondary N) is 1. The summed E-state index contributed by atoms with van der Waals surface area (Å²) in [5.74, 6) is -0.363. The zero-order valence-electron chi connectivity index (χ0n) is 11.4. The third-order valence-electron chi connectivity index (χ3n) is 3.48. The molecule has 0 aliphatic heterocycles. The van der Waals surface area contributed by atoms with Gasteiger partial charge < -0.3 is 10.1 Å². The number of hydrogen-bond donors (Lipinski definition) is 2. The molecule has 1 aromatic carbocycles. The van der Waals surface area contributed by atoms with Crippen LogP contribution in [0, 0.1) is 0 Å². The Labute approximate surface area is 114 Å². The van der Waals surface area contributed by atoms with Crippen LogP contribution in [0.15, 0.2) is 24.3 Å². The van der Waals surface area contributed by atoms with E-state index < -0.39 is 6.23 Å². The van der Waals surface area contributed by atoms with Gasteiger partial charge in [-0.1, -0.05) is 31.4 Å². The van der Waals surface area contributed by atoms with E-state index in [9.17, 15) is 4.79 Å². The van der Waals surface area contributed by atoms with E-state index in [1.807, 2.05) is 24.3 Å². The molecule has 0 radical (unpaired) electrons. The Bertz CT molecular complexity index is 428. The van der Waals surface area contributed by atoms with Gasteiger partial charge in [0.25, 0.3) is 0 Å². The molecule has 1 aliphatic carbocycles. The summed E-state index contributed by atoms with van der Waals surface area (Å²) < 4.78 is 4.99. The topological polar surface area (TPSA) is 64.3 Å². The minimum Gasteiger partial charge on any atom is -0.443 e. The first-order valence-corrected chi connectivity index (χ1v) is 6.94. The van der Waals surface area contributed by atoms with Crippen LogP contribution in [0.4, 0.5) is 5.69 Å². The van der Waals surface area contributed by atoms with Gasteiger partial charge in [0.1, 0.15) is 0 Å². The molecule has 0 heterocycles. The molecule has 0 aromatic heterocycles. The van der Waals surface area contributed by atoms with Crippen molar-refractivity contribution in [3.05, 3.63) is 29.8 Å². The largest absolute Gasteiger partial charge is 0.443 e. The van der Waals surface area contributed by atoms with Crippen molar-refractivity contribution in [2.75, 3.05) is 5.32 Å². The first-order valence-electron chi connectivity index (χ1n) is 6.94. The second-order valence-corrected chi connectivity index (χ2v) is 5.13. The molecule has 19 heavy (non-hydrogen) atoms. The van der Waals surface area contributed by atoms with Crippen molar-refractivity contribution in [3.8, 4) is 0 Å². The number of carbonyl (C=O) groups excluding carboxylic acids is 1. The molecule has 1 atom stereocenters. The number of benzene rings is 1. The van der Waals surface area contributed by atoms with E-state index in [0.717, 1.165) is 11.3 Å². The van der Waals surface area contributed by atoms with Gasteiger partial charge >= 0.3 is 5.97 Å². The van der Waals surface area contributed by atoms with Crippen LogP contribution in [0.1, 0.15) is 50.8 Å². The van der Waals surface area contributed by atoms with Crippen LogP contribution in [-0.2, 0) is 9.53 Å². The highest BCUT2D eigenvalue weighted by molar-refractivity contribution is 5.66. The maximum atomic E-state index is 10.9. The average Bonchev–Trinajstić information content (AvgIpc) is 2.39. The SMILES string of the molecule is CC(=O)OC(N)c1cccc(NC2CCCCC2)c1. The van der Waals surface area contributed by atoms with Crippen LogP contribution < -0.4 is 11.1 Å². The van der Waals surface area contributed by atoms with E-state index in [-0.39, 0.29) is 5.97 Å². The normalized spacial score (nSPS) is 17.8. The molecule has 3 N–H and O–H groups in total. The van der Waals surface area contributed by atoms with Gasteiger partial charge in [0.15, 0.2) is 6.23 Å². The number of carbonyl (C=O) groups is 1. The standard InChI is InChI=1S/C15H22N2O2/c1-11(18)19-15(16)12-6-5-9-14(10-12)17-13-7-3-2-4-8-13/h5-6,9-10,13,15,17H,2-4,7-8,16H2,1H3. The number of ether oxygens (including phenoxy) is 1. The molecular weight excluding hydrogens is 240 g/mol. The smallest absolute Gasteiger partial charge is 0.304 e. The van der Waals surface area contributed by atoms with Gasteiger partial charge in [-0.05, 0) is 25.0 Å². The lowest BCUT2D eigenvalue weighted by Crippen LogP contribution is -2.22. The molecular formula is C15H22N2O2. The quantitative estimate of drug-likeness (QED) is 0.647. The maximum absolute atomic E-state index is 10.9. The minimum absolute atomic E-state index is 0.363. The van der Waals surface area contributed by atoms with E-state index in [2.05, 4.69) is 5.32 Å². The summed E-state index contributed by atoms with van der Waals surface area (Å²) in [4.78, 5) is 10.9. The Morgan fingerprint density at radius 3 is 2.79 bits per heavy atom. The van der Waals surface area contributed by atoms with E-state index >= 15 is 0 Å². The number of hydrogen-bond acceptors (Lipinski definition) is 4. The molecule has 4 nitrogen and oxygen atoms in total. The van der Waals surface area contributed by atoms with Crippen LogP contribution in [0.25, 0.3) is 0 Å². The first-order chi connectivity index (χ1) is 9.15. The van der Waals surface area contributed by atoms with Gasteiger partial charge in [-0.25, -0.2) is 0 Å². The van der Waals surface area contributed by atoms with Crippen LogP contribution in [0.2, 0.25) is 0 Å².